The van der Waals surface area contributed by atoms with Gasteiger partial charge < -0.3 is 20.5 Å². The zero-order valence-electron chi connectivity index (χ0n) is 17.7. The molecule has 1 aromatic heterocycles. The molecule has 2 aromatic rings. The Kier molecular flexibility index (Phi) is 10.5. The quantitative estimate of drug-likeness (QED) is 0.271. The minimum atomic E-state index is -0.973. The molecule has 0 aliphatic carbocycles. The van der Waals surface area contributed by atoms with Crippen LogP contribution < -0.4 is 10.6 Å². The number of hydrogen-bond acceptors (Lipinski definition) is 5. The average Bonchev–Trinajstić information content (AvgIpc) is 3.30. The van der Waals surface area contributed by atoms with E-state index in [0.29, 0.717) is 6.54 Å². The van der Waals surface area contributed by atoms with E-state index < -0.39 is 5.60 Å². The van der Waals surface area contributed by atoms with Gasteiger partial charge in [0.15, 0.2) is 5.96 Å². The topological polar surface area (TPSA) is 69.1 Å². The summed E-state index contributed by atoms with van der Waals surface area (Å²) in [4.78, 5) is 8.04. The molecule has 6 nitrogen and oxygen atoms in total. The molecule has 0 radical (unpaired) electrons. The van der Waals surface area contributed by atoms with Gasteiger partial charge in [0.2, 0.25) is 0 Å². The summed E-state index contributed by atoms with van der Waals surface area (Å²) in [5, 5.41) is 19.5. The van der Waals surface area contributed by atoms with Crippen molar-refractivity contribution in [1.82, 2.24) is 15.5 Å². The number of morpholine rings is 1. The molecule has 1 aliphatic rings. The molecule has 2 unspecified atom stereocenters. The number of nitrogens with one attached hydrogen (secondary N) is 2. The first-order valence-electron chi connectivity index (χ1n) is 10.3. The van der Waals surface area contributed by atoms with Crippen molar-refractivity contribution in [2.75, 3.05) is 45.9 Å². The van der Waals surface area contributed by atoms with Gasteiger partial charge in [-0.3, -0.25) is 4.90 Å². The second-order valence-electron chi connectivity index (χ2n) is 7.40. The molecular formula is C22H33IN4O2S. The van der Waals surface area contributed by atoms with Crippen molar-refractivity contribution in [2.24, 2.45) is 4.99 Å². The van der Waals surface area contributed by atoms with Gasteiger partial charge in [-0.05, 0) is 30.9 Å². The number of aliphatic imine (C=N–C) groups is 1. The van der Waals surface area contributed by atoms with Crippen LogP contribution in [0.3, 0.4) is 0 Å². The highest BCUT2D eigenvalue weighted by atomic mass is 127. The Bertz CT molecular complexity index is 750. The van der Waals surface area contributed by atoms with E-state index >= 15 is 0 Å². The predicted octanol–water partition coefficient (Wildman–Crippen LogP) is 3.20. The first-order chi connectivity index (χ1) is 14.1. The Morgan fingerprint density at radius 3 is 2.57 bits per heavy atom. The molecule has 1 aliphatic heterocycles. The fraction of sp³-hybridized carbons (Fsp3) is 0.500. The highest BCUT2D eigenvalue weighted by Crippen LogP contribution is 2.25. The van der Waals surface area contributed by atoms with Crippen LogP contribution in [0.4, 0.5) is 0 Å². The molecule has 30 heavy (non-hydrogen) atoms. The van der Waals surface area contributed by atoms with Gasteiger partial charge in [0, 0.05) is 31.1 Å². The molecule has 3 N–H and O–H groups in total. The Hall–Kier alpha value is -1.20. The largest absolute Gasteiger partial charge is 0.383 e. The summed E-state index contributed by atoms with van der Waals surface area (Å²) in [6, 6.07) is 14.7. The van der Waals surface area contributed by atoms with Crippen molar-refractivity contribution >= 4 is 41.3 Å². The maximum atomic E-state index is 10.8. The molecule has 8 heteroatoms. The van der Waals surface area contributed by atoms with Crippen LogP contribution in [0, 0.1) is 0 Å². The monoisotopic (exact) mass is 544 g/mol. The van der Waals surface area contributed by atoms with Crippen molar-refractivity contribution in [3.63, 3.8) is 0 Å². The van der Waals surface area contributed by atoms with Crippen LogP contribution in [0.2, 0.25) is 0 Å². The SMILES string of the molecule is CCNC(=NCC(C)(O)c1cccs1)NCC(c1ccccc1)N1CCOCC1.I. The number of rotatable bonds is 8. The predicted molar refractivity (Wildman–Crippen MR) is 135 cm³/mol. The molecule has 1 fully saturated rings. The van der Waals surface area contributed by atoms with Gasteiger partial charge in [-0.2, -0.15) is 0 Å². The number of guanidine groups is 1. The number of ether oxygens (including phenoxy) is 1. The van der Waals surface area contributed by atoms with Gasteiger partial charge in [0.25, 0.3) is 0 Å². The van der Waals surface area contributed by atoms with E-state index in [2.05, 4.69) is 44.8 Å². The second kappa shape index (κ2) is 12.6. The average molecular weight is 545 g/mol. The molecule has 0 amide bonds. The van der Waals surface area contributed by atoms with Crippen LogP contribution in [0.5, 0.6) is 0 Å². The van der Waals surface area contributed by atoms with E-state index in [1.807, 2.05) is 37.4 Å². The van der Waals surface area contributed by atoms with E-state index in [9.17, 15) is 5.11 Å². The minimum Gasteiger partial charge on any atom is -0.383 e. The van der Waals surface area contributed by atoms with E-state index in [4.69, 9.17) is 4.74 Å². The maximum absolute atomic E-state index is 10.8. The van der Waals surface area contributed by atoms with E-state index in [0.717, 1.165) is 50.2 Å². The summed E-state index contributed by atoms with van der Waals surface area (Å²) < 4.78 is 5.54. The third-order valence-corrected chi connectivity index (χ3v) is 6.20. The standard InChI is InChI=1S/C22H32N4O2S.HI/c1-3-23-21(25-17-22(2,27)20-10-7-15-29-20)24-16-19(18-8-5-4-6-9-18)26-11-13-28-14-12-26;/h4-10,15,19,27H,3,11-14,16-17H2,1-2H3,(H2,23,24,25);1H. The lowest BCUT2D eigenvalue weighted by molar-refractivity contribution is 0.0170. The summed E-state index contributed by atoms with van der Waals surface area (Å²) in [7, 11) is 0. The van der Waals surface area contributed by atoms with Crippen molar-refractivity contribution in [1.29, 1.82) is 0 Å². The van der Waals surface area contributed by atoms with Crippen LogP contribution in [0.25, 0.3) is 0 Å². The molecule has 3 rings (SSSR count). The first kappa shape index (κ1) is 25.1. The molecular weight excluding hydrogens is 511 g/mol. The van der Waals surface area contributed by atoms with Gasteiger partial charge in [-0.1, -0.05) is 36.4 Å². The van der Waals surface area contributed by atoms with Crippen LogP contribution in [0.1, 0.15) is 30.3 Å². The van der Waals surface area contributed by atoms with Crippen molar-refractivity contribution in [2.45, 2.75) is 25.5 Å². The zero-order valence-corrected chi connectivity index (χ0v) is 20.9. The maximum Gasteiger partial charge on any atom is 0.191 e. The Labute approximate surface area is 200 Å². The summed E-state index contributed by atoms with van der Waals surface area (Å²) in [5.74, 6) is 0.721. The fourth-order valence-electron chi connectivity index (χ4n) is 3.45. The summed E-state index contributed by atoms with van der Waals surface area (Å²) in [6.07, 6.45) is 0. The zero-order chi connectivity index (χ0) is 20.5. The lowest BCUT2D eigenvalue weighted by Gasteiger charge is -2.35. The fourth-order valence-corrected chi connectivity index (χ4v) is 4.23. The van der Waals surface area contributed by atoms with Gasteiger partial charge in [-0.15, -0.1) is 35.3 Å². The van der Waals surface area contributed by atoms with Gasteiger partial charge in [0.1, 0.15) is 5.60 Å². The number of aliphatic hydroxyl groups is 1. The molecule has 0 saturated carbocycles. The molecule has 1 aromatic carbocycles. The van der Waals surface area contributed by atoms with Gasteiger partial charge in [-0.25, -0.2) is 4.99 Å². The number of hydrogen-bond donors (Lipinski definition) is 3. The Balaban J connectivity index is 0.00000320. The minimum absolute atomic E-state index is 0. The van der Waals surface area contributed by atoms with Gasteiger partial charge in [0.05, 0.1) is 25.8 Å². The van der Waals surface area contributed by atoms with E-state index in [1.54, 1.807) is 11.3 Å². The number of benzene rings is 1. The van der Waals surface area contributed by atoms with Gasteiger partial charge >= 0.3 is 0 Å². The second-order valence-corrected chi connectivity index (χ2v) is 8.35. The molecule has 2 atom stereocenters. The molecule has 2 heterocycles. The van der Waals surface area contributed by atoms with Crippen LogP contribution in [-0.4, -0.2) is 61.9 Å². The number of thiophene rings is 1. The molecule has 0 bridgehead atoms. The summed E-state index contributed by atoms with van der Waals surface area (Å²) >= 11 is 1.55. The van der Waals surface area contributed by atoms with Crippen LogP contribution in [-0.2, 0) is 10.3 Å². The Morgan fingerprint density at radius 2 is 1.93 bits per heavy atom. The highest BCUT2D eigenvalue weighted by molar-refractivity contribution is 14.0. The van der Waals surface area contributed by atoms with E-state index in [1.165, 1.54) is 5.56 Å². The first-order valence-corrected chi connectivity index (χ1v) is 11.1. The van der Waals surface area contributed by atoms with Crippen molar-refractivity contribution in [3.8, 4) is 0 Å². The summed E-state index contributed by atoms with van der Waals surface area (Å²) in [6.45, 7) is 9.03. The summed E-state index contributed by atoms with van der Waals surface area (Å²) in [5.41, 5.74) is 0.308. The molecule has 1 saturated heterocycles. The van der Waals surface area contributed by atoms with Crippen molar-refractivity contribution in [3.05, 3.63) is 58.3 Å². The van der Waals surface area contributed by atoms with Crippen LogP contribution >= 0.6 is 35.3 Å². The third-order valence-electron chi connectivity index (χ3n) is 5.07. The Morgan fingerprint density at radius 1 is 1.20 bits per heavy atom. The normalized spacial score (nSPS) is 18.2. The number of nitrogens with zero attached hydrogens (tertiary/aromatic N) is 2. The van der Waals surface area contributed by atoms with Crippen LogP contribution in [0.15, 0.2) is 52.8 Å². The highest BCUT2D eigenvalue weighted by Gasteiger charge is 2.25. The molecule has 166 valence electrons. The lowest BCUT2D eigenvalue weighted by atomic mass is 10.0. The molecule has 0 spiro atoms. The number of halogens is 1. The smallest absolute Gasteiger partial charge is 0.191 e. The lowest BCUT2D eigenvalue weighted by Crippen LogP contribution is -2.46. The van der Waals surface area contributed by atoms with Crippen molar-refractivity contribution < 1.29 is 9.84 Å². The van der Waals surface area contributed by atoms with E-state index in [-0.39, 0.29) is 30.0 Å². The third kappa shape index (κ3) is 7.19.